The minimum atomic E-state index is -1.83. The molecule has 1 aromatic carbocycles. The average molecular weight is 324 g/mol. The number of benzene rings is 1. The van der Waals surface area contributed by atoms with Crippen molar-refractivity contribution in [2.24, 2.45) is 0 Å². The first kappa shape index (κ1) is 17.1. The summed E-state index contributed by atoms with van der Waals surface area (Å²) in [4.78, 5) is 22.3. The van der Waals surface area contributed by atoms with Crippen molar-refractivity contribution in [3.05, 3.63) is 40.8 Å². The third kappa shape index (κ3) is 3.92. The molecule has 1 aromatic heterocycles. The van der Waals surface area contributed by atoms with Crippen molar-refractivity contribution >= 4 is 22.9 Å². The summed E-state index contributed by atoms with van der Waals surface area (Å²) in [5.41, 5.74) is 0.0685. The molecule has 1 heterocycles. The number of carbonyl (C=O) groups is 1. The van der Waals surface area contributed by atoms with Crippen LogP contribution in [0.25, 0.3) is 11.0 Å². The molecule has 23 heavy (non-hydrogen) atoms. The van der Waals surface area contributed by atoms with Gasteiger partial charge in [-0.25, -0.2) is 9.18 Å². The summed E-state index contributed by atoms with van der Waals surface area (Å²) in [6.45, 7) is -1.26. The van der Waals surface area contributed by atoms with Gasteiger partial charge in [0.25, 0.3) is 0 Å². The van der Waals surface area contributed by atoms with Gasteiger partial charge in [0.15, 0.2) is 0 Å². The molecule has 0 aliphatic heterocycles. The van der Waals surface area contributed by atoms with E-state index in [9.17, 15) is 29.3 Å². The van der Waals surface area contributed by atoms with Crippen LogP contribution in [0.4, 0.5) is 10.1 Å². The number of anilines is 1. The largest absolute Gasteiger partial charge is 0.423 e. The fourth-order valence-corrected chi connectivity index (χ4v) is 2.07. The van der Waals surface area contributed by atoms with Crippen LogP contribution in [0.1, 0.15) is 0 Å². The fraction of sp³-hybridized carbons (Fsp3) is 0.333. The van der Waals surface area contributed by atoms with Crippen LogP contribution in [-0.2, 0) is 4.79 Å². The Balaban J connectivity index is 2.21. The predicted molar refractivity (Wildman–Crippen MR) is 80.0 cm³/mol. The first-order valence-corrected chi connectivity index (χ1v) is 6.82. The molecule has 0 bridgehead atoms. The number of aldehydes is 1. The van der Waals surface area contributed by atoms with Crippen LogP contribution in [0.5, 0.6) is 0 Å². The Morgan fingerprint density at radius 1 is 1.17 bits per heavy atom. The van der Waals surface area contributed by atoms with Crippen LogP contribution in [0, 0.1) is 0 Å². The van der Waals surface area contributed by atoms with Gasteiger partial charge in [-0.05, 0) is 18.2 Å². The summed E-state index contributed by atoms with van der Waals surface area (Å²) < 4.78 is 17.3. The lowest BCUT2D eigenvalue weighted by molar-refractivity contribution is -0.116. The van der Waals surface area contributed by atoms with E-state index in [1.165, 1.54) is 12.1 Å². The lowest BCUT2D eigenvalue weighted by Crippen LogP contribution is -2.48. The summed E-state index contributed by atoms with van der Waals surface area (Å²) in [5.74, 6) is 0. The van der Waals surface area contributed by atoms with E-state index in [4.69, 9.17) is 4.42 Å². The highest BCUT2D eigenvalue weighted by Crippen LogP contribution is 2.19. The lowest BCUT2D eigenvalue weighted by Gasteiger charge is -2.26. The molecule has 2 rings (SSSR count). The van der Waals surface area contributed by atoms with Gasteiger partial charge < -0.3 is 29.8 Å². The van der Waals surface area contributed by atoms with Crippen molar-refractivity contribution < 1.29 is 28.9 Å². The zero-order valence-corrected chi connectivity index (χ0v) is 11.9. The molecule has 0 aliphatic carbocycles. The highest BCUT2D eigenvalue weighted by molar-refractivity contribution is 5.81. The number of aliphatic hydroxyl groups is 3. The summed E-state index contributed by atoms with van der Waals surface area (Å²) in [6, 6.07) is 6.18. The Morgan fingerprint density at radius 3 is 2.52 bits per heavy atom. The molecule has 0 radical (unpaired) electrons. The molecule has 0 aliphatic rings. The molecule has 0 unspecified atom stereocenters. The average Bonchev–Trinajstić information content (AvgIpc) is 2.57. The van der Waals surface area contributed by atoms with E-state index in [1.807, 2.05) is 0 Å². The number of rotatable bonds is 7. The van der Waals surface area contributed by atoms with Gasteiger partial charge in [0, 0.05) is 23.2 Å². The molecule has 0 amide bonds. The third-order valence-corrected chi connectivity index (χ3v) is 3.37. The molecule has 7 nitrogen and oxygen atoms in total. The second-order valence-corrected chi connectivity index (χ2v) is 5.02. The zero-order valence-electron chi connectivity index (χ0n) is 11.9. The van der Waals surface area contributed by atoms with Crippen molar-refractivity contribution in [1.29, 1.82) is 0 Å². The van der Waals surface area contributed by atoms with Gasteiger partial charge >= 0.3 is 5.63 Å². The van der Waals surface area contributed by atoms with Gasteiger partial charge in [0.2, 0.25) is 0 Å². The summed E-state index contributed by atoms with van der Waals surface area (Å²) >= 11 is 0. The standard InChI is InChI=1S/C15H16FNO6/c16-6-11(19)15(22)14(21)10(7-18)17-9-3-1-8-2-4-13(20)23-12(8)5-9/h1-5,7,10-11,14-15,17,19,21-22H,6H2/t10-,11+,14+,15+/m0/s1/i16-1. The minimum Gasteiger partial charge on any atom is -0.423 e. The third-order valence-electron chi connectivity index (χ3n) is 3.37. The van der Waals surface area contributed by atoms with Crippen molar-refractivity contribution in [3.63, 3.8) is 0 Å². The Kier molecular flexibility index (Phi) is 5.43. The number of fused-ring (bicyclic) bond motifs is 1. The molecular weight excluding hydrogens is 308 g/mol. The zero-order chi connectivity index (χ0) is 17.0. The van der Waals surface area contributed by atoms with E-state index < -0.39 is 36.7 Å². The number of hydrogen-bond acceptors (Lipinski definition) is 7. The SMILES string of the molecule is O=C[C@H](Nc1ccc2ccc(=O)oc2c1)[C@@H](O)[C@H](O)[C@H](O)C[18F]. The van der Waals surface area contributed by atoms with E-state index in [0.717, 1.165) is 0 Å². The van der Waals surface area contributed by atoms with Crippen LogP contribution in [0.2, 0.25) is 0 Å². The summed E-state index contributed by atoms with van der Waals surface area (Å²) in [7, 11) is 0. The maximum atomic E-state index is 12.3. The van der Waals surface area contributed by atoms with Crippen molar-refractivity contribution in [1.82, 2.24) is 0 Å². The second-order valence-electron chi connectivity index (χ2n) is 5.02. The van der Waals surface area contributed by atoms with E-state index in [2.05, 4.69) is 5.32 Å². The van der Waals surface area contributed by atoms with E-state index in [1.54, 1.807) is 18.2 Å². The Labute approximate surface area is 130 Å². The van der Waals surface area contributed by atoms with Crippen molar-refractivity contribution in [3.8, 4) is 0 Å². The van der Waals surface area contributed by atoms with Crippen LogP contribution < -0.4 is 10.9 Å². The fourth-order valence-electron chi connectivity index (χ4n) is 2.07. The van der Waals surface area contributed by atoms with Gasteiger partial charge in [0.1, 0.15) is 42.9 Å². The van der Waals surface area contributed by atoms with Gasteiger partial charge in [-0.15, -0.1) is 0 Å². The molecule has 0 saturated carbocycles. The van der Waals surface area contributed by atoms with Gasteiger partial charge in [-0.1, -0.05) is 0 Å². The van der Waals surface area contributed by atoms with Crippen molar-refractivity contribution in [2.45, 2.75) is 24.4 Å². The van der Waals surface area contributed by atoms with Crippen LogP contribution in [0.3, 0.4) is 0 Å². The van der Waals surface area contributed by atoms with Crippen LogP contribution >= 0.6 is 0 Å². The first-order chi connectivity index (χ1) is 11.0. The summed E-state index contributed by atoms with van der Waals surface area (Å²) in [5, 5.41) is 31.9. The number of aliphatic hydroxyl groups excluding tert-OH is 3. The summed E-state index contributed by atoms with van der Waals surface area (Å²) in [6.07, 6.45) is -5.04. The highest BCUT2D eigenvalue weighted by Gasteiger charge is 2.31. The normalized spacial score (nSPS) is 16.5. The molecular formula is C15H16FNO6. The maximum absolute atomic E-state index is 12.3. The highest BCUT2D eigenvalue weighted by atomic mass is 18.2. The van der Waals surface area contributed by atoms with E-state index >= 15 is 0 Å². The Morgan fingerprint density at radius 2 is 1.87 bits per heavy atom. The van der Waals surface area contributed by atoms with E-state index in [0.29, 0.717) is 17.4 Å². The first-order valence-electron chi connectivity index (χ1n) is 6.82. The number of carbonyl (C=O) groups excluding carboxylic acids is 1. The lowest BCUT2D eigenvalue weighted by atomic mass is 10.0. The monoisotopic (exact) mass is 324 g/mol. The number of alkyl halides is 1. The molecule has 0 spiro atoms. The van der Waals surface area contributed by atoms with Gasteiger partial charge in [-0.2, -0.15) is 0 Å². The Bertz CT molecular complexity index is 733. The molecule has 0 fully saturated rings. The quantitative estimate of drug-likeness (QED) is 0.412. The molecule has 8 heteroatoms. The molecule has 4 N–H and O–H groups in total. The topological polar surface area (TPSA) is 120 Å². The van der Waals surface area contributed by atoms with Crippen LogP contribution in [-0.4, -0.2) is 52.6 Å². The second kappa shape index (κ2) is 7.32. The molecule has 2 aromatic rings. The number of hydrogen-bond donors (Lipinski definition) is 4. The van der Waals surface area contributed by atoms with Crippen LogP contribution in [0.15, 0.2) is 39.5 Å². The van der Waals surface area contributed by atoms with Crippen molar-refractivity contribution in [2.75, 3.05) is 12.0 Å². The maximum Gasteiger partial charge on any atom is 0.336 e. The van der Waals surface area contributed by atoms with Gasteiger partial charge in [0.05, 0.1) is 0 Å². The molecule has 124 valence electrons. The smallest absolute Gasteiger partial charge is 0.336 e. The number of halogens is 1. The predicted octanol–water partition coefficient (Wildman–Crippen LogP) is -0.175. The molecule has 0 saturated heterocycles. The minimum absolute atomic E-state index is 0.269. The van der Waals surface area contributed by atoms with Gasteiger partial charge in [-0.3, -0.25) is 0 Å². The molecule has 4 atom stereocenters. The number of nitrogens with one attached hydrogen (secondary N) is 1. The Hall–Kier alpha value is -2.29. The van der Waals surface area contributed by atoms with E-state index in [-0.39, 0.29) is 5.58 Å².